The number of pyridine rings is 2. The zero-order valence-corrected chi connectivity index (χ0v) is 28.7. The molecule has 0 saturated carbocycles. The molecule has 5 aromatic carbocycles. The van der Waals surface area contributed by atoms with Crippen LogP contribution in [0.15, 0.2) is 152 Å². The molecule has 11 heteroatoms. The van der Waals surface area contributed by atoms with Gasteiger partial charge in [-0.15, -0.1) is 20.4 Å². The maximum absolute atomic E-state index is 6.68. The molecule has 11 nitrogen and oxygen atoms in total. The average molecular weight is 705 g/mol. The van der Waals surface area contributed by atoms with Crippen LogP contribution in [0, 0.1) is 0 Å². The highest BCUT2D eigenvalue weighted by molar-refractivity contribution is 6.10. The molecule has 0 radical (unpaired) electrons. The maximum atomic E-state index is 6.68. The second kappa shape index (κ2) is 12.8. The zero-order chi connectivity index (χ0) is 36.0. The fourth-order valence-corrected chi connectivity index (χ4v) is 7.13. The van der Waals surface area contributed by atoms with Crippen molar-refractivity contribution in [3.05, 3.63) is 152 Å². The molecule has 0 saturated heterocycles. The molecule has 258 valence electrons. The zero-order valence-electron chi connectivity index (χ0n) is 28.7. The number of hydrogen-bond donors (Lipinski definition) is 0. The Hall–Kier alpha value is -7.66. The second-order valence-corrected chi connectivity index (χ2v) is 12.5. The van der Waals surface area contributed by atoms with E-state index >= 15 is 0 Å². The van der Waals surface area contributed by atoms with Crippen LogP contribution in [-0.2, 0) is 0 Å². The van der Waals surface area contributed by atoms with Crippen molar-refractivity contribution in [1.82, 2.24) is 39.5 Å². The van der Waals surface area contributed by atoms with Gasteiger partial charge in [-0.2, -0.15) is 0 Å². The summed E-state index contributed by atoms with van der Waals surface area (Å²) in [7, 11) is 1.58. The summed E-state index contributed by atoms with van der Waals surface area (Å²) in [5.41, 5.74) is 4.54. The smallest absolute Gasteiger partial charge is 0.204 e. The average Bonchev–Trinajstić information content (AvgIpc) is 3.74. The topological polar surface area (TPSA) is 115 Å². The highest BCUT2D eigenvalue weighted by Crippen LogP contribution is 2.46. The minimum absolute atomic E-state index is 0.298. The summed E-state index contributed by atoms with van der Waals surface area (Å²) in [5, 5.41) is 20.7. The number of benzene rings is 5. The maximum Gasteiger partial charge on any atom is 0.204 e. The molecule has 10 aromatic rings. The number of para-hydroxylation sites is 2. The molecule has 54 heavy (non-hydrogen) atoms. The lowest BCUT2D eigenvalue weighted by Gasteiger charge is -2.17. The van der Waals surface area contributed by atoms with E-state index < -0.39 is 0 Å². The Morgan fingerprint density at radius 3 is 1.44 bits per heavy atom. The van der Waals surface area contributed by atoms with E-state index in [9.17, 15) is 0 Å². The van der Waals surface area contributed by atoms with Crippen LogP contribution in [0.4, 0.5) is 0 Å². The molecule has 5 heterocycles. The summed E-state index contributed by atoms with van der Waals surface area (Å²) in [6.45, 7) is 0. The fourth-order valence-electron chi connectivity index (χ4n) is 7.13. The van der Waals surface area contributed by atoms with Gasteiger partial charge in [0.2, 0.25) is 11.6 Å². The Morgan fingerprint density at radius 2 is 0.963 bits per heavy atom. The second-order valence-electron chi connectivity index (χ2n) is 12.5. The van der Waals surface area contributed by atoms with Gasteiger partial charge in [-0.1, -0.05) is 48.5 Å². The monoisotopic (exact) mass is 704 g/mol. The molecule has 0 spiro atoms. The molecule has 0 aliphatic rings. The molecule has 10 rings (SSSR count). The number of ether oxygens (including phenoxy) is 3. The minimum atomic E-state index is 0.298. The van der Waals surface area contributed by atoms with Crippen LogP contribution in [0.5, 0.6) is 28.7 Å². The van der Waals surface area contributed by atoms with Crippen molar-refractivity contribution in [2.75, 3.05) is 7.11 Å². The van der Waals surface area contributed by atoms with E-state index in [1.807, 2.05) is 84.9 Å². The Balaban J connectivity index is 1.11. The highest BCUT2D eigenvalue weighted by Gasteiger charge is 2.21. The van der Waals surface area contributed by atoms with Crippen LogP contribution in [0.25, 0.3) is 66.6 Å². The van der Waals surface area contributed by atoms with E-state index in [1.165, 1.54) is 6.33 Å². The molecular weight excluding hydrogens is 677 g/mol. The lowest BCUT2D eigenvalue weighted by atomic mass is 10.1. The van der Waals surface area contributed by atoms with Gasteiger partial charge in [0.1, 0.15) is 23.1 Å². The summed E-state index contributed by atoms with van der Waals surface area (Å²) >= 11 is 0. The normalized spacial score (nSPS) is 11.4. The van der Waals surface area contributed by atoms with Gasteiger partial charge in [-0.25, -0.2) is 9.97 Å². The quantitative estimate of drug-likeness (QED) is 0.153. The third-order valence-electron chi connectivity index (χ3n) is 9.39. The van der Waals surface area contributed by atoms with E-state index in [0.29, 0.717) is 40.1 Å². The summed E-state index contributed by atoms with van der Waals surface area (Å²) < 4.78 is 23.6. The van der Waals surface area contributed by atoms with Crippen LogP contribution >= 0.6 is 0 Å². The molecule has 0 unspecified atom stereocenters. The highest BCUT2D eigenvalue weighted by atomic mass is 16.5. The van der Waals surface area contributed by atoms with E-state index in [2.05, 4.69) is 75.9 Å². The van der Waals surface area contributed by atoms with Crippen molar-refractivity contribution in [3.8, 4) is 51.8 Å². The van der Waals surface area contributed by atoms with Crippen molar-refractivity contribution in [1.29, 1.82) is 0 Å². The van der Waals surface area contributed by atoms with Gasteiger partial charge >= 0.3 is 0 Å². The SMILES string of the molecule is COc1c(Oc2ccc3c4ccccc4n(-c4ccccn4)c3c2)cc(-c2nncnn2)cc1Oc1ccc2c3ccccc3n(-c3ccccn3)c2c1. The number of aromatic nitrogens is 8. The minimum Gasteiger partial charge on any atom is -0.490 e. The third-order valence-corrected chi connectivity index (χ3v) is 9.39. The van der Waals surface area contributed by atoms with E-state index in [1.54, 1.807) is 31.6 Å². The standard InChI is InChI=1S/C43H28N8O3/c1-52-42-38(53-28-16-18-32-30-10-2-4-12-34(30)50(36(32)24-28)40-14-6-8-20-44-40)22-27(43-48-46-26-47-49-43)23-39(42)54-29-17-19-33-31-11-3-5-13-35(31)51(37(33)25-29)41-15-7-9-21-45-41/h2-26H,1H3. The molecule has 0 aliphatic heterocycles. The van der Waals surface area contributed by atoms with Crippen molar-refractivity contribution < 1.29 is 14.2 Å². The van der Waals surface area contributed by atoms with Gasteiger partial charge in [-0.05, 0) is 72.8 Å². The van der Waals surface area contributed by atoms with Gasteiger partial charge in [-0.3, -0.25) is 9.13 Å². The van der Waals surface area contributed by atoms with E-state index in [0.717, 1.165) is 55.2 Å². The van der Waals surface area contributed by atoms with Crippen LogP contribution in [0.3, 0.4) is 0 Å². The number of nitrogens with zero attached hydrogens (tertiary/aromatic N) is 8. The summed E-state index contributed by atoms with van der Waals surface area (Å²) in [4.78, 5) is 9.34. The third kappa shape index (κ3) is 5.22. The predicted octanol–water partition coefficient (Wildman–Crippen LogP) is 9.51. The summed E-state index contributed by atoms with van der Waals surface area (Å²) in [5.74, 6) is 4.22. The van der Waals surface area contributed by atoms with Gasteiger partial charge in [0, 0.05) is 51.6 Å². The van der Waals surface area contributed by atoms with Crippen LogP contribution < -0.4 is 14.2 Å². The van der Waals surface area contributed by atoms with Crippen molar-refractivity contribution >= 4 is 43.6 Å². The molecule has 0 N–H and O–H groups in total. The van der Waals surface area contributed by atoms with Crippen LogP contribution in [0.1, 0.15) is 0 Å². The van der Waals surface area contributed by atoms with Crippen molar-refractivity contribution in [3.63, 3.8) is 0 Å². The first-order chi connectivity index (χ1) is 26.7. The van der Waals surface area contributed by atoms with E-state index in [-0.39, 0.29) is 0 Å². The Kier molecular flexibility index (Phi) is 7.39. The number of methoxy groups -OCH3 is 1. The number of rotatable bonds is 8. The molecule has 0 amide bonds. The Labute approximate surface area is 307 Å². The van der Waals surface area contributed by atoms with Crippen LogP contribution in [0.2, 0.25) is 0 Å². The number of fused-ring (bicyclic) bond motifs is 6. The van der Waals surface area contributed by atoms with Gasteiger partial charge in [0.25, 0.3) is 0 Å². The molecule has 0 aliphatic carbocycles. The molecule has 5 aromatic heterocycles. The first kappa shape index (κ1) is 31.1. The van der Waals surface area contributed by atoms with E-state index in [4.69, 9.17) is 14.2 Å². The Bertz CT molecular complexity index is 2810. The molecule has 0 bridgehead atoms. The lowest BCUT2D eigenvalue weighted by molar-refractivity contribution is 0.353. The first-order valence-corrected chi connectivity index (χ1v) is 17.2. The van der Waals surface area contributed by atoms with Gasteiger partial charge in [0.15, 0.2) is 17.8 Å². The fraction of sp³-hybridized carbons (Fsp3) is 0.0233. The lowest BCUT2D eigenvalue weighted by Crippen LogP contribution is -1.99. The van der Waals surface area contributed by atoms with Crippen molar-refractivity contribution in [2.45, 2.75) is 0 Å². The first-order valence-electron chi connectivity index (χ1n) is 17.2. The summed E-state index contributed by atoms with van der Waals surface area (Å²) in [6.07, 6.45) is 4.87. The summed E-state index contributed by atoms with van der Waals surface area (Å²) in [6, 6.07) is 43.9. The molecule has 0 fully saturated rings. The molecule has 0 atom stereocenters. The largest absolute Gasteiger partial charge is 0.490 e. The van der Waals surface area contributed by atoms with Gasteiger partial charge < -0.3 is 14.2 Å². The van der Waals surface area contributed by atoms with Crippen molar-refractivity contribution in [2.24, 2.45) is 0 Å². The predicted molar refractivity (Wildman–Crippen MR) is 207 cm³/mol. The molecular formula is C43H28N8O3. The Morgan fingerprint density at radius 1 is 0.481 bits per heavy atom. The van der Waals surface area contributed by atoms with Crippen LogP contribution in [-0.4, -0.2) is 46.6 Å². The number of hydrogen-bond acceptors (Lipinski definition) is 9. The van der Waals surface area contributed by atoms with Gasteiger partial charge in [0.05, 0.1) is 29.2 Å².